The lowest BCUT2D eigenvalue weighted by Crippen LogP contribution is -2.50. The van der Waals surface area contributed by atoms with E-state index >= 15 is 0 Å². The average molecular weight is 246 g/mol. The summed E-state index contributed by atoms with van der Waals surface area (Å²) in [4.78, 5) is 9.42. The minimum atomic E-state index is 0.804. The molecule has 1 aromatic heterocycles. The molecule has 2 aliphatic rings. The molecule has 2 N–H and O–H groups in total. The number of nitrogens with two attached hydrogens (primary N) is 1. The van der Waals surface area contributed by atoms with E-state index in [0.717, 1.165) is 30.6 Å². The van der Waals surface area contributed by atoms with Gasteiger partial charge < -0.3 is 10.6 Å². The maximum absolute atomic E-state index is 5.82. The molecule has 1 saturated carbocycles. The van der Waals surface area contributed by atoms with Crippen LogP contribution in [-0.2, 0) is 0 Å². The molecule has 0 atom stereocenters. The molecule has 1 aliphatic carbocycles. The second-order valence-corrected chi connectivity index (χ2v) is 5.41. The third-order valence-corrected chi connectivity index (χ3v) is 4.25. The fraction of sp³-hybridized carbons (Fsp3) is 0.643. The first-order valence-corrected chi connectivity index (χ1v) is 7.03. The summed E-state index contributed by atoms with van der Waals surface area (Å²) in [6, 6.07) is 4.67. The summed E-state index contributed by atoms with van der Waals surface area (Å²) < 4.78 is 0. The van der Waals surface area contributed by atoms with Gasteiger partial charge in [0, 0.05) is 50.2 Å². The Balaban J connectivity index is 1.59. The highest BCUT2D eigenvalue weighted by atomic mass is 15.3. The van der Waals surface area contributed by atoms with Crippen LogP contribution in [0.15, 0.2) is 18.3 Å². The third kappa shape index (κ3) is 2.43. The van der Waals surface area contributed by atoms with Gasteiger partial charge in [-0.2, -0.15) is 0 Å². The minimum absolute atomic E-state index is 0.804. The Hall–Kier alpha value is -1.29. The van der Waals surface area contributed by atoms with Crippen LogP contribution in [0, 0.1) is 0 Å². The standard InChI is InChI=1S/C14H22N4/c15-12-5-6-16-14(11-12)18-9-7-17(8-10-18)13-3-1-2-4-13/h5-6,11,13H,1-4,7-10H2,(H2,15,16). The van der Waals surface area contributed by atoms with Gasteiger partial charge in [-0.25, -0.2) is 4.98 Å². The van der Waals surface area contributed by atoms with Gasteiger partial charge in [-0.15, -0.1) is 0 Å². The van der Waals surface area contributed by atoms with Crippen LogP contribution in [0.1, 0.15) is 25.7 Å². The van der Waals surface area contributed by atoms with Gasteiger partial charge in [0.1, 0.15) is 5.82 Å². The van der Waals surface area contributed by atoms with Crippen molar-refractivity contribution in [2.45, 2.75) is 31.7 Å². The summed E-state index contributed by atoms with van der Waals surface area (Å²) in [6.07, 6.45) is 7.43. The molecular formula is C14H22N4. The van der Waals surface area contributed by atoms with E-state index in [1.807, 2.05) is 12.1 Å². The van der Waals surface area contributed by atoms with Crippen molar-refractivity contribution in [3.05, 3.63) is 18.3 Å². The molecule has 0 radical (unpaired) electrons. The second-order valence-electron chi connectivity index (χ2n) is 5.41. The fourth-order valence-corrected chi connectivity index (χ4v) is 3.19. The zero-order valence-corrected chi connectivity index (χ0v) is 10.9. The van der Waals surface area contributed by atoms with E-state index in [1.165, 1.54) is 38.8 Å². The maximum Gasteiger partial charge on any atom is 0.130 e. The van der Waals surface area contributed by atoms with Crippen molar-refractivity contribution in [3.8, 4) is 0 Å². The van der Waals surface area contributed by atoms with Gasteiger partial charge in [0.05, 0.1) is 0 Å². The smallest absolute Gasteiger partial charge is 0.130 e. The van der Waals surface area contributed by atoms with Crippen molar-refractivity contribution in [2.24, 2.45) is 0 Å². The van der Waals surface area contributed by atoms with Crippen molar-refractivity contribution in [3.63, 3.8) is 0 Å². The Morgan fingerprint density at radius 1 is 1.11 bits per heavy atom. The van der Waals surface area contributed by atoms with Gasteiger partial charge >= 0.3 is 0 Å². The number of nitrogen functional groups attached to an aromatic ring is 1. The number of pyridine rings is 1. The molecule has 0 unspecified atom stereocenters. The van der Waals surface area contributed by atoms with E-state index in [0.29, 0.717) is 0 Å². The summed E-state index contributed by atoms with van der Waals surface area (Å²) in [5.74, 6) is 1.03. The number of anilines is 2. The minimum Gasteiger partial charge on any atom is -0.399 e. The molecular weight excluding hydrogens is 224 g/mol. The predicted octanol–water partition coefficient (Wildman–Crippen LogP) is 1.73. The number of hydrogen-bond donors (Lipinski definition) is 1. The number of aromatic nitrogens is 1. The van der Waals surface area contributed by atoms with Gasteiger partial charge in [-0.05, 0) is 18.9 Å². The first-order valence-electron chi connectivity index (χ1n) is 7.03. The molecule has 2 heterocycles. The van der Waals surface area contributed by atoms with Gasteiger partial charge in [0.15, 0.2) is 0 Å². The Labute approximate surface area is 109 Å². The molecule has 1 aromatic rings. The quantitative estimate of drug-likeness (QED) is 0.863. The molecule has 3 rings (SSSR count). The first kappa shape index (κ1) is 11.8. The monoisotopic (exact) mass is 246 g/mol. The molecule has 98 valence electrons. The zero-order chi connectivity index (χ0) is 12.4. The topological polar surface area (TPSA) is 45.4 Å². The maximum atomic E-state index is 5.82. The second kappa shape index (κ2) is 5.14. The molecule has 18 heavy (non-hydrogen) atoms. The average Bonchev–Trinajstić information content (AvgIpc) is 2.93. The van der Waals surface area contributed by atoms with Crippen molar-refractivity contribution in [1.29, 1.82) is 0 Å². The Morgan fingerprint density at radius 3 is 2.50 bits per heavy atom. The number of nitrogens with zero attached hydrogens (tertiary/aromatic N) is 3. The van der Waals surface area contributed by atoms with Crippen LogP contribution in [0.5, 0.6) is 0 Å². The Bertz CT molecular complexity index is 393. The third-order valence-electron chi connectivity index (χ3n) is 4.25. The van der Waals surface area contributed by atoms with Gasteiger partial charge in [0.2, 0.25) is 0 Å². The summed E-state index contributed by atoms with van der Waals surface area (Å²) >= 11 is 0. The molecule has 0 amide bonds. The van der Waals surface area contributed by atoms with Crippen LogP contribution in [0.25, 0.3) is 0 Å². The van der Waals surface area contributed by atoms with Crippen LogP contribution < -0.4 is 10.6 Å². The lowest BCUT2D eigenvalue weighted by atomic mass is 10.2. The normalized spacial score (nSPS) is 22.6. The molecule has 0 aromatic carbocycles. The van der Waals surface area contributed by atoms with Crippen LogP contribution in [-0.4, -0.2) is 42.1 Å². The Kier molecular flexibility index (Phi) is 3.37. The summed E-state index contributed by atoms with van der Waals surface area (Å²) in [6.45, 7) is 4.49. The van der Waals surface area contributed by atoms with Crippen molar-refractivity contribution >= 4 is 11.5 Å². The SMILES string of the molecule is Nc1ccnc(N2CCN(C3CCCC3)CC2)c1. The molecule has 1 saturated heterocycles. The molecule has 0 bridgehead atoms. The lowest BCUT2D eigenvalue weighted by molar-refractivity contribution is 0.187. The number of rotatable bonds is 2. The molecule has 4 nitrogen and oxygen atoms in total. The summed E-state index contributed by atoms with van der Waals surface area (Å²) in [5, 5.41) is 0. The highest BCUT2D eigenvalue weighted by Crippen LogP contribution is 2.25. The van der Waals surface area contributed by atoms with Crippen LogP contribution in [0.2, 0.25) is 0 Å². The van der Waals surface area contributed by atoms with Crippen LogP contribution in [0.3, 0.4) is 0 Å². The molecule has 4 heteroatoms. The fourth-order valence-electron chi connectivity index (χ4n) is 3.19. The van der Waals surface area contributed by atoms with Crippen molar-refractivity contribution < 1.29 is 0 Å². The lowest BCUT2D eigenvalue weighted by Gasteiger charge is -2.38. The summed E-state index contributed by atoms with van der Waals surface area (Å²) in [5.41, 5.74) is 6.62. The molecule has 2 fully saturated rings. The van der Waals surface area contributed by atoms with E-state index < -0.39 is 0 Å². The molecule has 1 aliphatic heterocycles. The predicted molar refractivity (Wildman–Crippen MR) is 74.7 cm³/mol. The zero-order valence-electron chi connectivity index (χ0n) is 10.9. The van der Waals surface area contributed by atoms with E-state index in [9.17, 15) is 0 Å². The van der Waals surface area contributed by atoms with Gasteiger partial charge in [-0.1, -0.05) is 12.8 Å². The van der Waals surface area contributed by atoms with Gasteiger partial charge in [-0.3, -0.25) is 4.90 Å². The summed E-state index contributed by atoms with van der Waals surface area (Å²) in [7, 11) is 0. The Morgan fingerprint density at radius 2 is 1.83 bits per heavy atom. The van der Waals surface area contributed by atoms with Crippen molar-refractivity contribution in [1.82, 2.24) is 9.88 Å². The molecule has 0 spiro atoms. The van der Waals surface area contributed by atoms with Crippen LogP contribution >= 0.6 is 0 Å². The van der Waals surface area contributed by atoms with Gasteiger partial charge in [0.25, 0.3) is 0 Å². The number of hydrogen-bond acceptors (Lipinski definition) is 4. The largest absolute Gasteiger partial charge is 0.399 e. The van der Waals surface area contributed by atoms with E-state index in [2.05, 4.69) is 14.8 Å². The highest BCUT2D eigenvalue weighted by Gasteiger charge is 2.26. The first-order chi connectivity index (χ1) is 8.83. The highest BCUT2D eigenvalue weighted by molar-refractivity contribution is 5.50. The van der Waals surface area contributed by atoms with Crippen molar-refractivity contribution in [2.75, 3.05) is 36.8 Å². The van der Waals surface area contributed by atoms with E-state index in [-0.39, 0.29) is 0 Å². The van der Waals surface area contributed by atoms with E-state index in [4.69, 9.17) is 5.73 Å². The van der Waals surface area contributed by atoms with E-state index in [1.54, 1.807) is 6.20 Å². The van der Waals surface area contributed by atoms with Crippen LogP contribution in [0.4, 0.5) is 11.5 Å². The number of piperazine rings is 1.